The number of hydrogen-bond donors (Lipinski definition) is 1. The van der Waals surface area contributed by atoms with Crippen LogP contribution in [0.5, 0.6) is 0 Å². The van der Waals surface area contributed by atoms with Crippen LogP contribution in [0.2, 0.25) is 0 Å². The number of carbonyl (C=O) groups excluding carboxylic acids is 2. The molecular formula is C25H31N3O3. The molecule has 2 aromatic rings. The number of benzene rings is 2. The van der Waals surface area contributed by atoms with Crippen LogP contribution in [0.3, 0.4) is 0 Å². The number of likely N-dealkylation sites (tertiary alicyclic amines) is 1. The van der Waals surface area contributed by atoms with E-state index in [1.165, 1.54) is 0 Å². The third-order valence-corrected chi connectivity index (χ3v) is 5.96. The predicted molar refractivity (Wildman–Crippen MR) is 120 cm³/mol. The fourth-order valence-electron chi connectivity index (χ4n) is 4.35. The Morgan fingerprint density at radius 2 is 1.71 bits per heavy atom. The third-order valence-electron chi connectivity index (χ3n) is 5.96. The standard InChI is InChI=1S/C25H31N3O3/c1-19-16-27(17-23(31-19)21-7-3-2-4-8-21)18-24(29)26-15-20-9-11-22(12-10-20)25(30)28-13-5-6-14-28/h2-4,7-12,19,23H,5-6,13-18H2,1H3,(H,26,29). The highest BCUT2D eigenvalue weighted by Crippen LogP contribution is 2.24. The van der Waals surface area contributed by atoms with Gasteiger partial charge in [0.2, 0.25) is 5.91 Å². The molecule has 1 N–H and O–H groups in total. The van der Waals surface area contributed by atoms with Gasteiger partial charge < -0.3 is 15.0 Å². The molecule has 2 saturated heterocycles. The van der Waals surface area contributed by atoms with Gasteiger partial charge in [0.15, 0.2) is 0 Å². The van der Waals surface area contributed by atoms with Gasteiger partial charge in [-0.3, -0.25) is 14.5 Å². The van der Waals surface area contributed by atoms with Crippen LogP contribution < -0.4 is 5.32 Å². The Kier molecular flexibility index (Phi) is 6.99. The minimum atomic E-state index is -0.0153. The van der Waals surface area contributed by atoms with E-state index in [1.54, 1.807) is 0 Å². The highest BCUT2D eigenvalue weighted by Gasteiger charge is 2.27. The van der Waals surface area contributed by atoms with Crippen molar-refractivity contribution in [1.82, 2.24) is 15.1 Å². The van der Waals surface area contributed by atoms with Crippen LogP contribution >= 0.6 is 0 Å². The zero-order valence-corrected chi connectivity index (χ0v) is 18.1. The quantitative estimate of drug-likeness (QED) is 0.779. The lowest BCUT2D eigenvalue weighted by Gasteiger charge is -2.36. The number of nitrogens with zero attached hydrogens (tertiary/aromatic N) is 2. The van der Waals surface area contributed by atoms with E-state index in [0.29, 0.717) is 25.2 Å². The summed E-state index contributed by atoms with van der Waals surface area (Å²) in [5, 5.41) is 3.00. The molecule has 6 nitrogen and oxygen atoms in total. The van der Waals surface area contributed by atoms with Gasteiger partial charge in [0, 0.05) is 38.3 Å². The molecular weight excluding hydrogens is 390 g/mol. The van der Waals surface area contributed by atoms with E-state index in [2.05, 4.69) is 22.3 Å². The van der Waals surface area contributed by atoms with Crippen molar-refractivity contribution in [3.05, 3.63) is 71.3 Å². The molecule has 164 valence electrons. The lowest BCUT2D eigenvalue weighted by atomic mass is 10.1. The zero-order valence-electron chi connectivity index (χ0n) is 18.1. The Labute approximate surface area is 184 Å². The minimum absolute atomic E-state index is 0.00173. The van der Waals surface area contributed by atoms with Crippen LogP contribution in [0.1, 0.15) is 47.4 Å². The monoisotopic (exact) mass is 421 g/mol. The van der Waals surface area contributed by atoms with Crippen LogP contribution in [0.15, 0.2) is 54.6 Å². The zero-order chi connectivity index (χ0) is 21.6. The third kappa shape index (κ3) is 5.71. The fourth-order valence-corrected chi connectivity index (χ4v) is 4.35. The highest BCUT2D eigenvalue weighted by molar-refractivity contribution is 5.94. The van der Waals surface area contributed by atoms with E-state index in [4.69, 9.17) is 4.74 Å². The molecule has 31 heavy (non-hydrogen) atoms. The summed E-state index contributed by atoms with van der Waals surface area (Å²) in [4.78, 5) is 29.0. The van der Waals surface area contributed by atoms with Gasteiger partial charge in [-0.15, -0.1) is 0 Å². The fraction of sp³-hybridized carbons (Fsp3) is 0.440. The molecule has 0 aliphatic carbocycles. The van der Waals surface area contributed by atoms with E-state index >= 15 is 0 Å². The summed E-state index contributed by atoms with van der Waals surface area (Å²) >= 11 is 0. The summed E-state index contributed by atoms with van der Waals surface area (Å²) in [5.41, 5.74) is 2.85. The predicted octanol–water partition coefficient (Wildman–Crippen LogP) is 3.00. The molecule has 2 heterocycles. The number of morpholine rings is 1. The molecule has 2 aromatic carbocycles. The van der Waals surface area contributed by atoms with Crippen LogP contribution in [0.25, 0.3) is 0 Å². The Morgan fingerprint density at radius 3 is 2.42 bits per heavy atom. The molecule has 2 atom stereocenters. The smallest absolute Gasteiger partial charge is 0.253 e. The second kappa shape index (κ2) is 10.1. The van der Waals surface area contributed by atoms with Crippen molar-refractivity contribution in [2.75, 3.05) is 32.7 Å². The molecule has 4 rings (SSSR count). The van der Waals surface area contributed by atoms with Gasteiger partial charge in [-0.05, 0) is 43.0 Å². The maximum absolute atomic E-state index is 12.5. The summed E-state index contributed by atoms with van der Waals surface area (Å²) in [6, 6.07) is 17.7. The molecule has 2 unspecified atom stereocenters. The summed E-state index contributed by atoms with van der Waals surface area (Å²) in [7, 11) is 0. The van der Waals surface area contributed by atoms with E-state index in [-0.39, 0.29) is 24.0 Å². The minimum Gasteiger partial charge on any atom is -0.368 e. The molecule has 2 amide bonds. The Morgan fingerprint density at radius 1 is 1.00 bits per heavy atom. The van der Waals surface area contributed by atoms with Gasteiger partial charge in [0.1, 0.15) is 0 Å². The molecule has 2 aliphatic rings. The number of ether oxygens (including phenoxy) is 1. The summed E-state index contributed by atoms with van der Waals surface area (Å²) in [5.74, 6) is 0.0978. The second-order valence-corrected chi connectivity index (χ2v) is 8.51. The van der Waals surface area contributed by atoms with Crippen molar-refractivity contribution in [3.63, 3.8) is 0 Å². The van der Waals surface area contributed by atoms with E-state index in [0.717, 1.165) is 43.6 Å². The number of rotatable bonds is 6. The number of nitrogens with one attached hydrogen (secondary N) is 1. The topological polar surface area (TPSA) is 61.9 Å². The molecule has 0 spiro atoms. The van der Waals surface area contributed by atoms with Crippen molar-refractivity contribution >= 4 is 11.8 Å². The van der Waals surface area contributed by atoms with E-state index in [9.17, 15) is 9.59 Å². The van der Waals surface area contributed by atoms with Crippen LogP contribution in [0.4, 0.5) is 0 Å². The summed E-state index contributed by atoms with van der Waals surface area (Å²) < 4.78 is 6.08. The summed E-state index contributed by atoms with van der Waals surface area (Å²) in [6.45, 7) is 6.00. The van der Waals surface area contributed by atoms with Gasteiger partial charge >= 0.3 is 0 Å². The number of hydrogen-bond acceptors (Lipinski definition) is 4. The molecule has 0 bridgehead atoms. The lowest BCUT2D eigenvalue weighted by Crippen LogP contribution is -2.47. The number of amides is 2. The maximum atomic E-state index is 12.5. The van der Waals surface area contributed by atoms with Gasteiger partial charge in [-0.1, -0.05) is 42.5 Å². The first-order valence-electron chi connectivity index (χ1n) is 11.2. The first-order valence-corrected chi connectivity index (χ1v) is 11.2. The molecule has 2 fully saturated rings. The van der Waals surface area contributed by atoms with Crippen LogP contribution in [0, 0.1) is 0 Å². The molecule has 2 aliphatic heterocycles. The molecule has 0 saturated carbocycles. The largest absolute Gasteiger partial charge is 0.368 e. The van der Waals surface area contributed by atoms with Crippen LogP contribution in [-0.4, -0.2) is 60.4 Å². The molecule has 0 radical (unpaired) electrons. The van der Waals surface area contributed by atoms with Gasteiger partial charge in [0.05, 0.1) is 18.8 Å². The Bertz CT molecular complexity index is 879. The van der Waals surface area contributed by atoms with Gasteiger partial charge in [0.25, 0.3) is 5.91 Å². The summed E-state index contributed by atoms with van der Waals surface area (Å²) in [6.07, 6.45) is 2.24. The Hall–Kier alpha value is -2.70. The maximum Gasteiger partial charge on any atom is 0.253 e. The average Bonchev–Trinajstić information content (AvgIpc) is 3.33. The SMILES string of the molecule is CC1CN(CC(=O)NCc2ccc(C(=O)N3CCCC3)cc2)CC(c2ccccc2)O1. The van der Waals surface area contributed by atoms with Crippen molar-refractivity contribution in [1.29, 1.82) is 0 Å². The van der Waals surface area contributed by atoms with Crippen molar-refractivity contribution in [2.45, 2.75) is 38.5 Å². The van der Waals surface area contributed by atoms with E-state index in [1.807, 2.05) is 54.3 Å². The highest BCUT2D eigenvalue weighted by atomic mass is 16.5. The van der Waals surface area contributed by atoms with Crippen molar-refractivity contribution in [2.24, 2.45) is 0 Å². The van der Waals surface area contributed by atoms with E-state index < -0.39 is 0 Å². The normalized spacial score (nSPS) is 21.8. The average molecular weight is 422 g/mol. The second-order valence-electron chi connectivity index (χ2n) is 8.51. The first-order chi connectivity index (χ1) is 15.1. The number of carbonyl (C=O) groups is 2. The van der Waals surface area contributed by atoms with Crippen LogP contribution in [-0.2, 0) is 16.1 Å². The molecule has 6 heteroatoms. The Balaban J connectivity index is 1.26. The lowest BCUT2D eigenvalue weighted by molar-refractivity contribution is -0.127. The van der Waals surface area contributed by atoms with Gasteiger partial charge in [-0.25, -0.2) is 0 Å². The molecule has 0 aromatic heterocycles. The first kappa shape index (κ1) is 21.5. The van der Waals surface area contributed by atoms with Crippen molar-refractivity contribution < 1.29 is 14.3 Å². The van der Waals surface area contributed by atoms with Gasteiger partial charge in [-0.2, -0.15) is 0 Å². The van der Waals surface area contributed by atoms with Crippen molar-refractivity contribution in [3.8, 4) is 0 Å².